The molecule has 0 aliphatic carbocycles. The zero-order valence-electron chi connectivity index (χ0n) is 13.3. The molecule has 130 valence electrons. The standard InChI is InChI=1S/C16H17F3N2O3/c1-14(2,15(3,22)11-8-20-10-21-9-11)23-12-6-4-5-7-13(12)24-16(17,18)19/h4-10,22H,1-3H3. The van der Waals surface area contributed by atoms with Crippen molar-refractivity contribution in [3.05, 3.63) is 48.5 Å². The molecule has 0 aliphatic heterocycles. The number of halogens is 3. The lowest BCUT2D eigenvalue weighted by Gasteiger charge is -2.40. The molecule has 2 rings (SSSR count). The summed E-state index contributed by atoms with van der Waals surface area (Å²) in [7, 11) is 0. The Morgan fingerprint density at radius 3 is 1.92 bits per heavy atom. The molecule has 0 fully saturated rings. The minimum atomic E-state index is -4.85. The summed E-state index contributed by atoms with van der Waals surface area (Å²) in [6.45, 7) is 4.56. The number of hydrogen-bond donors (Lipinski definition) is 1. The molecule has 1 atom stereocenters. The van der Waals surface area contributed by atoms with E-state index in [0.29, 0.717) is 5.56 Å². The van der Waals surface area contributed by atoms with Crippen LogP contribution in [-0.4, -0.2) is 27.0 Å². The quantitative estimate of drug-likeness (QED) is 0.902. The Morgan fingerprint density at radius 1 is 0.917 bits per heavy atom. The molecule has 24 heavy (non-hydrogen) atoms. The van der Waals surface area contributed by atoms with Crippen molar-refractivity contribution in [2.75, 3.05) is 0 Å². The number of aromatic nitrogens is 2. The Morgan fingerprint density at radius 2 is 1.42 bits per heavy atom. The third-order valence-corrected chi connectivity index (χ3v) is 3.73. The van der Waals surface area contributed by atoms with Gasteiger partial charge >= 0.3 is 6.36 Å². The van der Waals surface area contributed by atoms with E-state index in [0.717, 1.165) is 6.07 Å². The Hall–Kier alpha value is -2.35. The smallest absolute Gasteiger partial charge is 0.481 e. The zero-order valence-corrected chi connectivity index (χ0v) is 13.3. The number of nitrogens with zero attached hydrogens (tertiary/aromatic N) is 2. The number of benzene rings is 1. The SMILES string of the molecule is CC(C)(Oc1ccccc1OC(F)(F)F)C(C)(O)c1cncnc1. The van der Waals surface area contributed by atoms with Crippen molar-refractivity contribution in [1.29, 1.82) is 0 Å². The van der Waals surface area contributed by atoms with E-state index in [2.05, 4.69) is 14.7 Å². The van der Waals surface area contributed by atoms with E-state index in [1.165, 1.54) is 43.8 Å². The van der Waals surface area contributed by atoms with Gasteiger partial charge in [0, 0.05) is 18.0 Å². The Kier molecular flexibility index (Phi) is 4.70. The lowest BCUT2D eigenvalue weighted by atomic mass is 9.82. The maximum Gasteiger partial charge on any atom is 0.573 e. The summed E-state index contributed by atoms with van der Waals surface area (Å²) in [4.78, 5) is 7.67. The van der Waals surface area contributed by atoms with Gasteiger partial charge in [0.1, 0.15) is 17.5 Å². The molecule has 0 amide bonds. The molecule has 1 heterocycles. The Bertz CT molecular complexity index is 688. The molecule has 0 saturated heterocycles. The summed E-state index contributed by atoms with van der Waals surface area (Å²) >= 11 is 0. The molecule has 0 aliphatic rings. The van der Waals surface area contributed by atoms with E-state index >= 15 is 0 Å². The van der Waals surface area contributed by atoms with Crippen LogP contribution in [0.25, 0.3) is 0 Å². The van der Waals surface area contributed by atoms with E-state index in [4.69, 9.17) is 4.74 Å². The second kappa shape index (κ2) is 6.27. The fourth-order valence-electron chi connectivity index (χ4n) is 2.02. The molecule has 2 aromatic rings. The second-order valence-corrected chi connectivity index (χ2v) is 5.81. The molecule has 8 heteroatoms. The summed E-state index contributed by atoms with van der Waals surface area (Å²) in [5.41, 5.74) is -2.51. The second-order valence-electron chi connectivity index (χ2n) is 5.81. The van der Waals surface area contributed by atoms with Crippen LogP contribution in [0.2, 0.25) is 0 Å². The van der Waals surface area contributed by atoms with Gasteiger partial charge in [0.25, 0.3) is 0 Å². The highest BCUT2D eigenvalue weighted by Crippen LogP contribution is 2.39. The fourth-order valence-corrected chi connectivity index (χ4v) is 2.02. The predicted molar refractivity (Wildman–Crippen MR) is 79.4 cm³/mol. The van der Waals surface area contributed by atoms with Gasteiger partial charge in [-0.2, -0.15) is 0 Å². The van der Waals surface area contributed by atoms with Crippen LogP contribution in [0.3, 0.4) is 0 Å². The maximum atomic E-state index is 12.5. The zero-order chi connectivity index (χ0) is 18.0. The van der Waals surface area contributed by atoms with E-state index in [1.54, 1.807) is 13.8 Å². The lowest BCUT2D eigenvalue weighted by Crippen LogP contribution is -2.49. The van der Waals surface area contributed by atoms with E-state index in [1.807, 2.05) is 0 Å². The number of ether oxygens (including phenoxy) is 2. The molecule has 1 aromatic carbocycles. The van der Waals surface area contributed by atoms with Crippen LogP contribution in [0.4, 0.5) is 13.2 Å². The largest absolute Gasteiger partial charge is 0.573 e. The summed E-state index contributed by atoms with van der Waals surface area (Å²) in [5, 5.41) is 10.8. The average molecular weight is 342 g/mol. The highest BCUT2D eigenvalue weighted by molar-refractivity contribution is 5.40. The number of alkyl halides is 3. The van der Waals surface area contributed by atoms with Crippen molar-refractivity contribution in [2.24, 2.45) is 0 Å². The third kappa shape index (κ3) is 3.94. The average Bonchev–Trinajstić information content (AvgIpc) is 2.48. The third-order valence-electron chi connectivity index (χ3n) is 3.73. The van der Waals surface area contributed by atoms with Crippen LogP contribution in [0.15, 0.2) is 43.0 Å². The van der Waals surface area contributed by atoms with Gasteiger partial charge < -0.3 is 14.6 Å². The van der Waals surface area contributed by atoms with Crippen molar-refractivity contribution in [2.45, 2.75) is 38.3 Å². The fraction of sp³-hybridized carbons (Fsp3) is 0.375. The number of aliphatic hydroxyl groups is 1. The summed E-state index contributed by atoms with van der Waals surface area (Å²) in [6, 6.07) is 5.37. The van der Waals surface area contributed by atoms with Gasteiger partial charge in [-0.25, -0.2) is 9.97 Å². The molecule has 0 bridgehead atoms. The minimum Gasteiger partial charge on any atom is -0.481 e. The van der Waals surface area contributed by atoms with Crippen molar-refractivity contribution < 1.29 is 27.8 Å². The van der Waals surface area contributed by atoms with Crippen LogP contribution in [0.1, 0.15) is 26.3 Å². The molecule has 1 unspecified atom stereocenters. The van der Waals surface area contributed by atoms with Crippen LogP contribution in [0, 0.1) is 0 Å². The summed E-state index contributed by atoms with van der Waals surface area (Å²) in [6.07, 6.45) is -0.717. The van der Waals surface area contributed by atoms with E-state index in [-0.39, 0.29) is 5.75 Å². The van der Waals surface area contributed by atoms with E-state index in [9.17, 15) is 18.3 Å². The first-order chi connectivity index (χ1) is 11.0. The molecule has 0 spiro atoms. The molecule has 5 nitrogen and oxygen atoms in total. The maximum absolute atomic E-state index is 12.5. The first-order valence-electron chi connectivity index (χ1n) is 7.04. The van der Waals surface area contributed by atoms with Gasteiger partial charge in [-0.15, -0.1) is 13.2 Å². The highest BCUT2D eigenvalue weighted by atomic mass is 19.4. The molecule has 0 radical (unpaired) electrons. The minimum absolute atomic E-state index is 0.142. The number of para-hydroxylation sites is 2. The first kappa shape index (κ1) is 18.0. The van der Waals surface area contributed by atoms with Crippen molar-refractivity contribution >= 4 is 0 Å². The first-order valence-corrected chi connectivity index (χ1v) is 7.04. The van der Waals surface area contributed by atoms with Gasteiger partial charge in [-0.3, -0.25) is 0 Å². The Labute approximate surface area is 137 Å². The van der Waals surface area contributed by atoms with Gasteiger partial charge in [0.15, 0.2) is 11.5 Å². The van der Waals surface area contributed by atoms with Crippen LogP contribution < -0.4 is 9.47 Å². The molecule has 1 aromatic heterocycles. The lowest BCUT2D eigenvalue weighted by molar-refractivity contribution is -0.275. The van der Waals surface area contributed by atoms with Crippen LogP contribution in [-0.2, 0) is 5.60 Å². The van der Waals surface area contributed by atoms with Gasteiger partial charge in [0.05, 0.1) is 0 Å². The highest BCUT2D eigenvalue weighted by Gasteiger charge is 2.44. The van der Waals surface area contributed by atoms with Gasteiger partial charge in [-0.1, -0.05) is 12.1 Å². The summed E-state index contributed by atoms with van der Waals surface area (Å²) < 4.78 is 47.2. The molecule has 0 saturated carbocycles. The van der Waals surface area contributed by atoms with Crippen LogP contribution >= 0.6 is 0 Å². The summed E-state index contributed by atoms with van der Waals surface area (Å²) in [5.74, 6) is -0.630. The van der Waals surface area contributed by atoms with Crippen molar-refractivity contribution in [3.8, 4) is 11.5 Å². The van der Waals surface area contributed by atoms with E-state index < -0.39 is 23.3 Å². The van der Waals surface area contributed by atoms with Gasteiger partial charge in [0.2, 0.25) is 0 Å². The Balaban J connectivity index is 2.33. The molecular formula is C16H17F3N2O3. The number of hydrogen-bond acceptors (Lipinski definition) is 5. The normalized spacial score (nSPS) is 14.8. The topological polar surface area (TPSA) is 64.5 Å². The molecular weight excluding hydrogens is 325 g/mol. The predicted octanol–water partition coefficient (Wildman–Crippen LogP) is 3.44. The molecule has 1 N–H and O–H groups in total. The number of rotatable bonds is 5. The van der Waals surface area contributed by atoms with Crippen molar-refractivity contribution in [1.82, 2.24) is 9.97 Å². The monoisotopic (exact) mass is 342 g/mol. The van der Waals surface area contributed by atoms with Gasteiger partial charge in [-0.05, 0) is 32.9 Å². The van der Waals surface area contributed by atoms with Crippen molar-refractivity contribution in [3.63, 3.8) is 0 Å². The van der Waals surface area contributed by atoms with Crippen LogP contribution in [0.5, 0.6) is 11.5 Å².